The lowest BCUT2D eigenvalue weighted by Crippen LogP contribution is -2.27. The predicted octanol–water partition coefficient (Wildman–Crippen LogP) is 0.859. The van der Waals surface area contributed by atoms with Gasteiger partial charge >= 0.3 is 5.69 Å². The maximum absolute atomic E-state index is 13.2. The molecule has 0 saturated heterocycles. The van der Waals surface area contributed by atoms with E-state index in [1.807, 2.05) is 0 Å². The molecule has 0 amide bonds. The molecule has 14 heavy (non-hydrogen) atoms. The summed E-state index contributed by atoms with van der Waals surface area (Å²) in [5.41, 5.74) is -0.680. The van der Waals surface area contributed by atoms with Gasteiger partial charge in [0, 0.05) is 18.7 Å². The van der Waals surface area contributed by atoms with E-state index in [4.69, 9.17) is 0 Å². The van der Waals surface area contributed by atoms with Crippen LogP contribution in [0.2, 0.25) is 0 Å². The fourth-order valence-electron chi connectivity index (χ4n) is 1.57. The highest BCUT2D eigenvalue weighted by Crippen LogP contribution is 2.28. The zero-order valence-electron chi connectivity index (χ0n) is 7.42. The van der Waals surface area contributed by atoms with Crippen molar-refractivity contribution < 1.29 is 4.39 Å². The minimum Gasteiger partial charge on any atom is -0.274 e. The van der Waals surface area contributed by atoms with Crippen molar-refractivity contribution in [2.45, 2.75) is 19.3 Å². The highest BCUT2D eigenvalue weighted by Gasteiger charge is 2.16. The van der Waals surface area contributed by atoms with Crippen molar-refractivity contribution in [2.24, 2.45) is 0 Å². The molecule has 4 nitrogen and oxygen atoms in total. The van der Waals surface area contributed by atoms with Crippen LogP contribution in [0.25, 0.3) is 5.70 Å². The standard InChI is InChI=1S/C9H9FN2O2/c10-6-2-1-3-7(6)12-5-4-8(13)11-9(12)14/h4-5H,1-3H2,(H,11,13,14). The minimum absolute atomic E-state index is 0.265. The van der Waals surface area contributed by atoms with Crippen LogP contribution in [0.3, 0.4) is 0 Å². The summed E-state index contributed by atoms with van der Waals surface area (Å²) in [6.45, 7) is 0. The van der Waals surface area contributed by atoms with Gasteiger partial charge in [0.2, 0.25) is 0 Å². The van der Waals surface area contributed by atoms with Gasteiger partial charge in [-0.25, -0.2) is 9.18 Å². The van der Waals surface area contributed by atoms with Crippen LogP contribution in [0.5, 0.6) is 0 Å². The van der Waals surface area contributed by atoms with Crippen LogP contribution in [0, 0.1) is 0 Å². The van der Waals surface area contributed by atoms with Gasteiger partial charge in [-0.1, -0.05) is 0 Å². The Balaban J connectivity index is 2.58. The molecule has 2 rings (SSSR count). The first-order valence-corrected chi connectivity index (χ1v) is 4.38. The number of aromatic amines is 1. The molecular weight excluding hydrogens is 187 g/mol. The highest BCUT2D eigenvalue weighted by atomic mass is 19.1. The van der Waals surface area contributed by atoms with Gasteiger partial charge in [0.1, 0.15) is 5.83 Å². The Morgan fingerprint density at radius 2 is 2.14 bits per heavy atom. The monoisotopic (exact) mass is 196 g/mol. The Morgan fingerprint density at radius 1 is 1.36 bits per heavy atom. The molecule has 0 spiro atoms. The predicted molar refractivity (Wildman–Crippen MR) is 49.5 cm³/mol. The van der Waals surface area contributed by atoms with Crippen LogP contribution >= 0.6 is 0 Å². The second kappa shape index (κ2) is 3.25. The first-order chi connectivity index (χ1) is 6.68. The molecule has 1 heterocycles. The number of hydrogen-bond donors (Lipinski definition) is 1. The summed E-state index contributed by atoms with van der Waals surface area (Å²) in [7, 11) is 0. The summed E-state index contributed by atoms with van der Waals surface area (Å²) < 4.78 is 14.3. The molecule has 0 atom stereocenters. The van der Waals surface area contributed by atoms with E-state index >= 15 is 0 Å². The summed E-state index contributed by atoms with van der Waals surface area (Å²) in [6.07, 6.45) is 2.94. The Kier molecular flexibility index (Phi) is 2.07. The second-order valence-corrected chi connectivity index (χ2v) is 3.19. The lowest BCUT2D eigenvalue weighted by Gasteiger charge is -2.04. The summed E-state index contributed by atoms with van der Waals surface area (Å²) in [4.78, 5) is 24.1. The Labute approximate surface area is 78.7 Å². The van der Waals surface area contributed by atoms with Gasteiger partial charge in [-0.3, -0.25) is 14.3 Å². The van der Waals surface area contributed by atoms with Crippen LogP contribution in [-0.4, -0.2) is 9.55 Å². The minimum atomic E-state index is -0.579. The summed E-state index contributed by atoms with van der Waals surface area (Å²) in [5, 5.41) is 0. The second-order valence-electron chi connectivity index (χ2n) is 3.19. The zero-order chi connectivity index (χ0) is 10.1. The number of rotatable bonds is 1. The molecule has 0 fully saturated rings. The molecule has 0 unspecified atom stereocenters. The van der Waals surface area contributed by atoms with E-state index in [1.54, 1.807) is 0 Å². The Morgan fingerprint density at radius 3 is 2.71 bits per heavy atom. The maximum Gasteiger partial charge on any atom is 0.332 e. The van der Waals surface area contributed by atoms with Gasteiger partial charge in [0.25, 0.3) is 5.56 Å². The van der Waals surface area contributed by atoms with Crippen molar-refractivity contribution in [2.75, 3.05) is 0 Å². The summed E-state index contributed by atoms with van der Waals surface area (Å²) in [6, 6.07) is 1.21. The average molecular weight is 196 g/mol. The van der Waals surface area contributed by atoms with Crippen molar-refractivity contribution in [3.63, 3.8) is 0 Å². The molecule has 0 aliphatic heterocycles. The van der Waals surface area contributed by atoms with Crippen molar-refractivity contribution in [3.05, 3.63) is 38.9 Å². The van der Waals surface area contributed by atoms with Gasteiger partial charge in [0.05, 0.1) is 5.70 Å². The van der Waals surface area contributed by atoms with Crippen LogP contribution in [-0.2, 0) is 0 Å². The van der Waals surface area contributed by atoms with Crippen molar-refractivity contribution >= 4 is 5.70 Å². The number of H-pyrrole nitrogens is 1. The van der Waals surface area contributed by atoms with Crippen molar-refractivity contribution in [3.8, 4) is 0 Å². The molecule has 74 valence electrons. The van der Waals surface area contributed by atoms with Gasteiger partial charge < -0.3 is 0 Å². The lowest BCUT2D eigenvalue weighted by molar-refractivity contribution is 0.603. The molecule has 1 N–H and O–H groups in total. The van der Waals surface area contributed by atoms with Crippen LogP contribution in [0.4, 0.5) is 4.39 Å². The van der Waals surface area contributed by atoms with Gasteiger partial charge in [-0.05, 0) is 12.8 Å². The van der Waals surface area contributed by atoms with E-state index in [0.29, 0.717) is 25.0 Å². The molecule has 1 aliphatic rings. The average Bonchev–Trinajstić information content (AvgIpc) is 2.52. The molecule has 0 radical (unpaired) electrons. The van der Waals surface area contributed by atoms with Crippen LogP contribution < -0.4 is 11.2 Å². The maximum atomic E-state index is 13.2. The number of hydrogen-bond acceptors (Lipinski definition) is 2. The number of halogens is 1. The van der Waals surface area contributed by atoms with E-state index in [0.717, 1.165) is 4.57 Å². The number of nitrogens with one attached hydrogen (secondary N) is 1. The Hall–Kier alpha value is -1.65. The molecule has 1 aliphatic carbocycles. The molecular formula is C9H9FN2O2. The third-order valence-electron chi connectivity index (χ3n) is 2.24. The smallest absolute Gasteiger partial charge is 0.274 e. The van der Waals surface area contributed by atoms with E-state index in [2.05, 4.69) is 4.98 Å². The fraction of sp³-hybridized carbons (Fsp3) is 0.333. The Bertz CT molecular complexity index is 498. The van der Waals surface area contributed by atoms with Gasteiger partial charge in [-0.2, -0.15) is 0 Å². The van der Waals surface area contributed by atoms with E-state index in [-0.39, 0.29) is 5.83 Å². The molecule has 0 bridgehead atoms. The number of nitrogens with zero attached hydrogens (tertiary/aromatic N) is 1. The molecule has 1 aromatic rings. The topological polar surface area (TPSA) is 54.9 Å². The van der Waals surface area contributed by atoms with Crippen LogP contribution in [0.15, 0.2) is 27.7 Å². The first kappa shape index (κ1) is 8.93. The van der Waals surface area contributed by atoms with Crippen molar-refractivity contribution in [1.82, 2.24) is 9.55 Å². The van der Waals surface area contributed by atoms with Gasteiger partial charge in [0.15, 0.2) is 0 Å². The fourth-order valence-corrected chi connectivity index (χ4v) is 1.57. The van der Waals surface area contributed by atoms with E-state index in [9.17, 15) is 14.0 Å². The lowest BCUT2D eigenvalue weighted by atomic mass is 10.3. The number of allylic oxidation sites excluding steroid dienone is 2. The summed E-state index contributed by atoms with van der Waals surface area (Å²) >= 11 is 0. The SMILES string of the molecule is O=c1ccn(C2=C(F)CCC2)c(=O)[nH]1. The molecule has 0 aromatic carbocycles. The summed E-state index contributed by atoms with van der Waals surface area (Å²) in [5.74, 6) is -0.265. The van der Waals surface area contributed by atoms with Gasteiger partial charge in [-0.15, -0.1) is 0 Å². The highest BCUT2D eigenvalue weighted by molar-refractivity contribution is 5.50. The van der Waals surface area contributed by atoms with Crippen LogP contribution in [0.1, 0.15) is 19.3 Å². The third kappa shape index (κ3) is 1.41. The zero-order valence-corrected chi connectivity index (χ0v) is 7.42. The molecule has 5 heteroatoms. The first-order valence-electron chi connectivity index (χ1n) is 4.38. The quantitative estimate of drug-likeness (QED) is 0.724. The number of aromatic nitrogens is 2. The van der Waals surface area contributed by atoms with Crippen molar-refractivity contribution in [1.29, 1.82) is 0 Å². The normalized spacial score (nSPS) is 16.4. The van der Waals surface area contributed by atoms with E-state index < -0.39 is 11.2 Å². The molecule has 1 aromatic heterocycles. The largest absolute Gasteiger partial charge is 0.332 e. The van der Waals surface area contributed by atoms with E-state index in [1.165, 1.54) is 12.3 Å². The third-order valence-corrected chi connectivity index (χ3v) is 2.24. The molecule has 0 saturated carbocycles.